The molecule has 1 unspecified atom stereocenters. The van der Waals surface area contributed by atoms with Gasteiger partial charge in [-0.2, -0.15) is 0 Å². The van der Waals surface area contributed by atoms with Crippen molar-refractivity contribution in [1.29, 1.82) is 0 Å². The molecular weight excluding hydrogens is 272 g/mol. The van der Waals surface area contributed by atoms with Crippen LogP contribution < -0.4 is 0 Å². The van der Waals surface area contributed by atoms with Gasteiger partial charge in [0.25, 0.3) is 0 Å². The SMILES string of the molecule is CCCN(CCC)N(C(C)C)C(C)(CN(C)C)N(CC)CC. The second kappa shape index (κ2) is 10.6. The maximum atomic E-state index is 2.65. The van der Waals surface area contributed by atoms with Crippen LogP contribution in [0.3, 0.4) is 0 Å². The largest absolute Gasteiger partial charge is 0.306 e. The fraction of sp³-hybridized carbons (Fsp3) is 1.00. The number of nitrogens with zero attached hydrogens (tertiary/aromatic N) is 4. The Balaban J connectivity index is 5.72. The first-order chi connectivity index (χ1) is 10.3. The van der Waals surface area contributed by atoms with Crippen LogP contribution in [-0.4, -0.2) is 78.3 Å². The molecule has 0 aromatic heterocycles. The molecule has 0 rings (SSSR count). The molecule has 0 radical (unpaired) electrons. The third-order valence-corrected chi connectivity index (χ3v) is 4.31. The molecule has 0 spiro atoms. The van der Waals surface area contributed by atoms with Crippen molar-refractivity contribution in [2.75, 3.05) is 46.8 Å². The van der Waals surface area contributed by atoms with Crippen LogP contribution in [0.1, 0.15) is 61.3 Å². The molecule has 0 aromatic rings. The van der Waals surface area contributed by atoms with Gasteiger partial charge in [0.2, 0.25) is 0 Å². The highest BCUT2D eigenvalue weighted by Gasteiger charge is 2.41. The van der Waals surface area contributed by atoms with Crippen LogP contribution >= 0.6 is 0 Å². The molecule has 0 amide bonds. The maximum absolute atomic E-state index is 2.65. The predicted molar refractivity (Wildman–Crippen MR) is 99.0 cm³/mol. The molecule has 4 nitrogen and oxygen atoms in total. The normalized spacial score (nSPS) is 15.5. The number of hydrogen-bond donors (Lipinski definition) is 0. The molecule has 0 aliphatic carbocycles. The highest BCUT2D eigenvalue weighted by molar-refractivity contribution is 4.89. The average molecular weight is 315 g/mol. The summed E-state index contributed by atoms with van der Waals surface area (Å²) in [5, 5.41) is 5.24. The quantitative estimate of drug-likeness (QED) is 0.404. The summed E-state index contributed by atoms with van der Waals surface area (Å²) in [6, 6.07) is 0.489. The van der Waals surface area contributed by atoms with E-state index in [2.05, 4.69) is 82.4 Å². The Morgan fingerprint density at radius 1 is 0.864 bits per heavy atom. The molecule has 0 heterocycles. The first kappa shape index (κ1) is 21.8. The summed E-state index contributed by atoms with van der Waals surface area (Å²) in [4.78, 5) is 4.93. The highest BCUT2D eigenvalue weighted by Crippen LogP contribution is 2.26. The van der Waals surface area contributed by atoms with Crippen molar-refractivity contribution >= 4 is 0 Å². The second-order valence-corrected chi connectivity index (χ2v) is 7.02. The van der Waals surface area contributed by atoms with Crippen molar-refractivity contribution in [3.05, 3.63) is 0 Å². The molecule has 0 saturated carbocycles. The van der Waals surface area contributed by atoms with E-state index in [0.717, 1.165) is 32.7 Å². The molecule has 134 valence electrons. The summed E-state index contributed by atoms with van der Waals surface area (Å²) in [6.45, 7) is 21.7. The lowest BCUT2D eigenvalue weighted by molar-refractivity contribution is -0.192. The maximum Gasteiger partial charge on any atom is 0.0975 e. The Morgan fingerprint density at radius 3 is 1.59 bits per heavy atom. The summed E-state index contributed by atoms with van der Waals surface area (Å²) < 4.78 is 0. The molecule has 0 bridgehead atoms. The molecular formula is C18H42N4. The third-order valence-electron chi connectivity index (χ3n) is 4.31. The van der Waals surface area contributed by atoms with Gasteiger partial charge in [-0.25, -0.2) is 10.0 Å². The molecule has 0 aromatic carbocycles. The van der Waals surface area contributed by atoms with Gasteiger partial charge in [-0.05, 0) is 60.8 Å². The van der Waals surface area contributed by atoms with E-state index in [1.54, 1.807) is 0 Å². The molecule has 0 saturated heterocycles. The lowest BCUT2D eigenvalue weighted by Crippen LogP contribution is -2.69. The van der Waals surface area contributed by atoms with Gasteiger partial charge in [-0.15, -0.1) is 0 Å². The Labute approximate surface area is 140 Å². The van der Waals surface area contributed by atoms with E-state index >= 15 is 0 Å². The van der Waals surface area contributed by atoms with Crippen LogP contribution in [0.4, 0.5) is 0 Å². The van der Waals surface area contributed by atoms with Gasteiger partial charge in [0.05, 0.1) is 5.66 Å². The molecule has 1 atom stereocenters. The third kappa shape index (κ3) is 5.80. The van der Waals surface area contributed by atoms with Crippen molar-refractivity contribution in [2.45, 2.75) is 73.0 Å². The molecule has 0 N–H and O–H groups in total. The van der Waals surface area contributed by atoms with Crippen molar-refractivity contribution in [3.63, 3.8) is 0 Å². The summed E-state index contributed by atoms with van der Waals surface area (Å²) >= 11 is 0. The summed E-state index contributed by atoms with van der Waals surface area (Å²) in [6.07, 6.45) is 2.39. The van der Waals surface area contributed by atoms with E-state index < -0.39 is 0 Å². The first-order valence-corrected chi connectivity index (χ1v) is 9.22. The van der Waals surface area contributed by atoms with Gasteiger partial charge in [0.15, 0.2) is 0 Å². The first-order valence-electron chi connectivity index (χ1n) is 9.22. The smallest absolute Gasteiger partial charge is 0.0975 e. The van der Waals surface area contributed by atoms with E-state index in [9.17, 15) is 0 Å². The monoisotopic (exact) mass is 314 g/mol. The van der Waals surface area contributed by atoms with Gasteiger partial charge in [0.1, 0.15) is 0 Å². The van der Waals surface area contributed by atoms with Crippen molar-refractivity contribution in [1.82, 2.24) is 19.8 Å². The van der Waals surface area contributed by atoms with Crippen LogP contribution in [0.25, 0.3) is 0 Å². The summed E-state index contributed by atoms with van der Waals surface area (Å²) in [7, 11) is 4.37. The van der Waals surface area contributed by atoms with E-state index in [-0.39, 0.29) is 5.66 Å². The number of likely N-dealkylation sites (N-methyl/N-ethyl adjacent to an activating group) is 2. The van der Waals surface area contributed by atoms with E-state index in [4.69, 9.17) is 0 Å². The fourth-order valence-corrected chi connectivity index (χ4v) is 3.85. The Kier molecular flexibility index (Phi) is 10.5. The van der Waals surface area contributed by atoms with E-state index in [1.807, 2.05) is 0 Å². The summed E-state index contributed by atoms with van der Waals surface area (Å²) in [5.74, 6) is 0. The minimum Gasteiger partial charge on any atom is -0.306 e. The van der Waals surface area contributed by atoms with Gasteiger partial charge < -0.3 is 4.90 Å². The Morgan fingerprint density at radius 2 is 1.32 bits per heavy atom. The number of hydrazine groups is 1. The minimum absolute atomic E-state index is 0.0194. The van der Waals surface area contributed by atoms with Crippen molar-refractivity contribution < 1.29 is 0 Å². The van der Waals surface area contributed by atoms with Gasteiger partial charge in [-0.3, -0.25) is 4.90 Å². The minimum atomic E-state index is 0.0194. The number of rotatable bonds is 12. The van der Waals surface area contributed by atoms with Crippen LogP contribution in [0.2, 0.25) is 0 Å². The standard InChI is InChI=1S/C18H42N4/c1-10-14-21(15-11-2)22(17(5)6)18(7,16-19(8)9)20(12-3)13-4/h17H,10-16H2,1-9H3. The molecule has 0 aliphatic heterocycles. The second-order valence-electron chi connectivity index (χ2n) is 7.02. The lowest BCUT2D eigenvalue weighted by Gasteiger charge is -2.55. The highest BCUT2D eigenvalue weighted by atomic mass is 15.7. The summed E-state index contributed by atoms with van der Waals surface area (Å²) in [5.41, 5.74) is 0.0194. The van der Waals surface area contributed by atoms with Crippen LogP contribution in [0.5, 0.6) is 0 Å². The zero-order chi connectivity index (χ0) is 17.3. The van der Waals surface area contributed by atoms with E-state index in [1.165, 1.54) is 12.8 Å². The predicted octanol–water partition coefficient (Wildman–Crippen LogP) is 3.35. The van der Waals surface area contributed by atoms with Crippen LogP contribution in [0, 0.1) is 0 Å². The van der Waals surface area contributed by atoms with E-state index in [0.29, 0.717) is 6.04 Å². The van der Waals surface area contributed by atoms with Gasteiger partial charge in [-0.1, -0.05) is 27.7 Å². The van der Waals surface area contributed by atoms with Gasteiger partial charge in [0, 0.05) is 25.7 Å². The van der Waals surface area contributed by atoms with Crippen LogP contribution in [-0.2, 0) is 0 Å². The molecule has 0 aliphatic rings. The number of hydrogen-bond acceptors (Lipinski definition) is 4. The average Bonchev–Trinajstić information content (AvgIpc) is 2.39. The lowest BCUT2D eigenvalue weighted by atomic mass is 10.1. The molecule has 22 heavy (non-hydrogen) atoms. The van der Waals surface area contributed by atoms with Crippen LogP contribution in [0.15, 0.2) is 0 Å². The molecule has 4 heteroatoms. The van der Waals surface area contributed by atoms with Crippen molar-refractivity contribution in [3.8, 4) is 0 Å². The fourth-order valence-electron chi connectivity index (χ4n) is 3.85. The topological polar surface area (TPSA) is 13.0 Å². The zero-order valence-corrected chi connectivity index (χ0v) is 16.8. The Bertz CT molecular complexity index is 270. The van der Waals surface area contributed by atoms with Crippen molar-refractivity contribution in [2.24, 2.45) is 0 Å². The molecule has 0 fully saturated rings. The van der Waals surface area contributed by atoms with Gasteiger partial charge >= 0.3 is 0 Å². The Hall–Kier alpha value is -0.160. The zero-order valence-electron chi connectivity index (χ0n) is 16.8.